The van der Waals surface area contributed by atoms with Crippen LogP contribution in [0.15, 0.2) is 112 Å². The van der Waals surface area contributed by atoms with Crippen molar-refractivity contribution in [2.24, 2.45) is 0 Å². The molecule has 6 heteroatoms. The van der Waals surface area contributed by atoms with E-state index >= 15 is 0 Å². The minimum absolute atomic E-state index is 0. The van der Waals surface area contributed by atoms with Gasteiger partial charge in [0.2, 0.25) is 0 Å². The zero-order valence-electron chi connectivity index (χ0n) is 24.3. The monoisotopic (exact) mass is 745 g/mol. The molecule has 0 saturated carbocycles. The molecule has 0 aliphatic rings. The number of aromatic nitrogens is 1. The number of benzene rings is 4. The predicted molar refractivity (Wildman–Crippen MR) is 170 cm³/mol. The van der Waals surface area contributed by atoms with Crippen molar-refractivity contribution in [1.82, 2.24) is 4.98 Å². The molecule has 43 heavy (non-hydrogen) atoms. The van der Waals surface area contributed by atoms with Crippen molar-refractivity contribution in [3.05, 3.63) is 115 Å². The van der Waals surface area contributed by atoms with Gasteiger partial charge in [0.15, 0.2) is 5.78 Å². The Kier molecular flexibility index (Phi) is 8.63. The average Bonchev–Trinajstić information content (AvgIpc) is 3.54. The average molecular weight is 745 g/mol. The Morgan fingerprint density at radius 3 is 1.93 bits per heavy atom. The zero-order valence-corrected chi connectivity index (χ0v) is 26.7. The van der Waals surface area contributed by atoms with Gasteiger partial charge < -0.3 is 18.9 Å². The molecule has 0 spiro atoms. The number of ketones is 1. The second-order valence-electron chi connectivity index (χ2n) is 10.7. The molecule has 0 unspecified atom stereocenters. The maximum absolute atomic E-state index is 10.0. The number of carbonyl (C=O) groups is 1. The summed E-state index contributed by atoms with van der Waals surface area (Å²) in [5.74, 6) is 0.162. The Bertz CT molecular complexity index is 2020. The van der Waals surface area contributed by atoms with Crippen LogP contribution in [0.5, 0.6) is 0 Å². The van der Waals surface area contributed by atoms with Gasteiger partial charge in [0.1, 0.15) is 22.3 Å². The van der Waals surface area contributed by atoms with Crippen LogP contribution >= 0.6 is 0 Å². The number of nitrogens with zero attached hydrogens (tertiary/aromatic N) is 1. The summed E-state index contributed by atoms with van der Waals surface area (Å²) in [4.78, 5) is 14.7. The number of pyridine rings is 1. The summed E-state index contributed by atoms with van der Waals surface area (Å²) < 4.78 is 13.1. The van der Waals surface area contributed by atoms with Gasteiger partial charge in [0.05, 0.1) is 5.76 Å². The van der Waals surface area contributed by atoms with E-state index in [-0.39, 0.29) is 37.6 Å². The van der Waals surface area contributed by atoms with Crippen LogP contribution in [-0.2, 0) is 24.9 Å². The summed E-state index contributed by atoms with van der Waals surface area (Å²) in [7, 11) is 0. The van der Waals surface area contributed by atoms with Gasteiger partial charge >= 0.3 is 0 Å². The van der Waals surface area contributed by atoms with Crippen molar-refractivity contribution in [2.75, 3.05) is 0 Å². The first kappa shape index (κ1) is 30.0. The third-order valence-electron chi connectivity index (χ3n) is 7.20. The minimum Gasteiger partial charge on any atom is -0.512 e. The molecule has 1 N–H and O–H groups in total. The van der Waals surface area contributed by atoms with E-state index in [2.05, 4.69) is 61.3 Å². The van der Waals surface area contributed by atoms with Gasteiger partial charge in [0, 0.05) is 65.1 Å². The van der Waals surface area contributed by atoms with Crippen molar-refractivity contribution >= 4 is 49.7 Å². The van der Waals surface area contributed by atoms with Crippen LogP contribution in [0.2, 0.25) is 0 Å². The molecule has 5 nitrogen and oxygen atoms in total. The topological polar surface area (TPSA) is 76.5 Å². The number of hydrogen-bond acceptors (Lipinski definition) is 5. The van der Waals surface area contributed by atoms with E-state index in [1.807, 2.05) is 54.7 Å². The summed E-state index contributed by atoms with van der Waals surface area (Å²) in [5, 5.41) is 12.8. The summed E-state index contributed by atoms with van der Waals surface area (Å²) in [6.07, 6.45) is 3.05. The number of allylic oxidation sites excluding steroid dienone is 2. The molecule has 217 valence electrons. The number of aliphatic hydroxyl groups is 1. The van der Waals surface area contributed by atoms with Crippen LogP contribution < -0.4 is 0 Å². The molecule has 3 aromatic heterocycles. The summed E-state index contributed by atoms with van der Waals surface area (Å²) in [6, 6.07) is 32.1. The number of hydrogen-bond donors (Lipinski definition) is 1. The number of fused-ring (bicyclic) bond motifs is 6. The molecule has 7 aromatic rings. The van der Waals surface area contributed by atoms with E-state index in [9.17, 15) is 4.79 Å². The van der Waals surface area contributed by atoms with Gasteiger partial charge in [0.25, 0.3) is 0 Å². The van der Waals surface area contributed by atoms with E-state index in [0.717, 1.165) is 71.8 Å². The van der Waals surface area contributed by atoms with Crippen molar-refractivity contribution in [2.45, 2.75) is 33.6 Å². The van der Waals surface area contributed by atoms with Crippen molar-refractivity contribution in [1.29, 1.82) is 0 Å². The summed E-state index contributed by atoms with van der Waals surface area (Å²) in [6.45, 7) is 7.25. The second-order valence-corrected chi connectivity index (χ2v) is 10.7. The molecule has 0 fully saturated rings. The molecule has 7 rings (SSSR count). The Morgan fingerprint density at radius 2 is 1.44 bits per heavy atom. The van der Waals surface area contributed by atoms with Gasteiger partial charge in [-0.1, -0.05) is 56.3 Å². The van der Waals surface area contributed by atoms with Gasteiger partial charge in [-0.3, -0.25) is 4.79 Å². The number of carbonyl (C=O) groups excluding carboxylic acids is 1. The first-order valence-electron chi connectivity index (χ1n) is 13.9. The van der Waals surface area contributed by atoms with Crippen LogP contribution in [-0.4, -0.2) is 15.9 Å². The smallest absolute Gasteiger partial charge is 0.155 e. The van der Waals surface area contributed by atoms with Gasteiger partial charge in [-0.2, -0.15) is 0 Å². The van der Waals surface area contributed by atoms with E-state index in [1.54, 1.807) is 0 Å². The Morgan fingerprint density at radius 1 is 0.860 bits per heavy atom. The molecule has 0 amide bonds. The zero-order chi connectivity index (χ0) is 29.4. The molecular formula is C37H30IrNO4-. The molecule has 1 radical (unpaired) electrons. The fraction of sp³-hybridized carbons (Fsp3) is 0.135. The third-order valence-corrected chi connectivity index (χ3v) is 7.20. The number of aliphatic hydroxyl groups excluding tert-OH is 1. The molecule has 0 aliphatic heterocycles. The van der Waals surface area contributed by atoms with Crippen LogP contribution in [0.1, 0.15) is 39.2 Å². The van der Waals surface area contributed by atoms with Gasteiger partial charge in [-0.05, 0) is 49.2 Å². The fourth-order valence-corrected chi connectivity index (χ4v) is 5.59. The summed E-state index contributed by atoms with van der Waals surface area (Å²) >= 11 is 0. The maximum atomic E-state index is 10.0. The number of para-hydroxylation sites is 2. The first-order chi connectivity index (χ1) is 20.3. The number of furan rings is 2. The van der Waals surface area contributed by atoms with E-state index in [0.29, 0.717) is 0 Å². The second kappa shape index (κ2) is 12.4. The first-order valence-corrected chi connectivity index (χ1v) is 13.9. The largest absolute Gasteiger partial charge is 0.512 e. The molecule has 0 atom stereocenters. The third kappa shape index (κ3) is 5.64. The van der Waals surface area contributed by atoms with E-state index < -0.39 is 0 Å². The number of rotatable bonds is 4. The molecular weight excluding hydrogens is 715 g/mol. The van der Waals surface area contributed by atoms with Crippen LogP contribution in [0, 0.1) is 6.07 Å². The Labute approximate surface area is 263 Å². The minimum atomic E-state index is -0.125. The Hall–Kier alpha value is -4.51. The van der Waals surface area contributed by atoms with E-state index in [4.69, 9.17) is 13.9 Å². The van der Waals surface area contributed by atoms with Crippen LogP contribution in [0.3, 0.4) is 0 Å². The Balaban J connectivity index is 0.000000415. The standard InChI is InChI=1S/C32H22NO2.C5H8O2.Ir/c1-19(2)27-31-29(22-12-6-8-14-25(22)34-31)28(30-23-13-7-9-15-26(23)35-32(27)30)21-16-17-33-24(18-21)20-10-4-3-5-11-20;1-4(6)3-5(2)7;/h3-10,12-19H,1-2H3;3,6H,1-2H3;/q-1;;/b;4-3-;. The van der Waals surface area contributed by atoms with E-state index in [1.165, 1.54) is 19.9 Å². The van der Waals surface area contributed by atoms with Crippen molar-refractivity contribution < 1.29 is 38.8 Å². The normalized spacial score (nSPS) is 11.6. The molecule has 0 bridgehead atoms. The quantitative estimate of drug-likeness (QED) is 0.110. The molecule has 0 aliphatic carbocycles. The molecule has 3 heterocycles. The SMILES string of the molecule is CC(=O)/C=C(/C)O.CC(C)c1c2oc3ccccc3c2c(-c2ccnc(-c3[c-]cccc3)c2)c2c1oc1ccccc12.[Ir]. The van der Waals surface area contributed by atoms with Crippen molar-refractivity contribution in [3.8, 4) is 22.4 Å². The van der Waals surface area contributed by atoms with Crippen molar-refractivity contribution in [3.63, 3.8) is 0 Å². The fourth-order valence-electron chi connectivity index (χ4n) is 5.59. The summed E-state index contributed by atoms with van der Waals surface area (Å²) in [5.41, 5.74) is 8.72. The van der Waals surface area contributed by atoms with Gasteiger partial charge in [-0.25, -0.2) is 0 Å². The predicted octanol–water partition coefficient (Wildman–Crippen LogP) is 10.2. The maximum Gasteiger partial charge on any atom is 0.155 e. The molecule has 4 aromatic carbocycles. The van der Waals surface area contributed by atoms with Crippen LogP contribution in [0.4, 0.5) is 0 Å². The van der Waals surface area contributed by atoms with Crippen LogP contribution in [0.25, 0.3) is 66.3 Å². The molecule has 0 saturated heterocycles. The van der Waals surface area contributed by atoms with Gasteiger partial charge in [-0.15, -0.1) is 35.9 Å².